The van der Waals surface area contributed by atoms with Gasteiger partial charge in [-0.05, 0) is 48.2 Å². The first kappa shape index (κ1) is 21.5. The molecule has 2 aromatic heterocycles. The zero-order valence-corrected chi connectivity index (χ0v) is 18.5. The fraction of sp³-hybridized carbons (Fsp3) is 0.148. The van der Waals surface area contributed by atoms with Crippen LogP contribution in [0.15, 0.2) is 94.5 Å². The third-order valence-electron chi connectivity index (χ3n) is 5.94. The molecule has 0 fully saturated rings. The van der Waals surface area contributed by atoms with Gasteiger partial charge in [0.05, 0.1) is 0 Å². The molecule has 34 heavy (non-hydrogen) atoms. The second-order valence-electron chi connectivity index (χ2n) is 8.19. The van der Waals surface area contributed by atoms with Gasteiger partial charge in [-0.15, -0.1) is 0 Å². The van der Waals surface area contributed by atoms with Crippen LogP contribution in [0.3, 0.4) is 0 Å². The molecule has 0 aliphatic carbocycles. The van der Waals surface area contributed by atoms with E-state index in [1.807, 2.05) is 60.7 Å². The fourth-order valence-corrected chi connectivity index (χ4v) is 4.09. The molecule has 0 saturated heterocycles. The van der Waals surface area contributed by atoms with Crippen molar-refractivity contribution in [2.24, 2.45) is 0 Å². The number of hydrogen-bond donors (Lipinski definition) is 2. The summed E-state index contributed by atoms with van der Waals surface area (Å²) in [4.78, 5) is 34.5. The van der Waals surface area contributed by atoms with Crippen molar-refractivity contribution in [3.8, 4) is 17.1 Å². The van der Waals surface area contributed by atoms with E-state index in [0.29, 0.717) is 41.9 Å². The Hall–Kier alpha value is -4.39. The maximum atomic E-state index is 13.5. The lowest BCUT2D eigenvalue weighted by Gasteiger charge is -2.11. The van der Waals surface area contributed by atoms with E-state index in [4.69, 9.17) is 0 Å². The Kier molecular flexibility index (Phi) is 5.82. The molecule has 5 rings (SSSR count). The number of imidazole rings is 1. The highest BCUT2D eigenvalue weighted by atomic mass is 16.3. The molecule has 0 atom stereocenters. The van der Waals surface area contributed by atoms with Crippen LogP contribution in [0.4, 0.5) is 0 Å². The van der Waals surface area contributed by atoms with Gasteiger partial charge in [0.15, 0.2) is 5.65 Å². The monoisotopic (exact) mass is 452 g/mol. The number of nitrogens with zero attached hydrogens (tertiary/aromatic N) is 3. The molecule has 0 bridgehead atoms. The normalized spacial score (nSPS) is 11.2. The number of benzene rings is 3. The highest BCUT2D eigenvalue weighted by Gasteiger charge is 2.18. The molecule has 0 spiro atoms. The molecule has 2 N–H and O–H groups in total. The van der Waals surface area contributed by atoms with E-state index < -0.39 is 0 Å². The van der Waals surface area contributed by atoms with Gasteiger partial charge in [-0.3, -0.25) is 13.9 Å². The molecule has 0 radical (unpaired) electrons. The van der Waals surface area contributed by atoms with E-state index in [1.165, 1.54) is 4.57 Å². The Morgan fingerprint density at radius 1 is 0.735 bits per heavy atom. The molecular formula is C27H24N4O3. The summed E-state index contributed by atoms with van der Waals surface area (Å²) >= 11 is 0. The van der Waals surface area contributed by atoms with Gasteiger partial charge < -0.3 is 10.1 Å². The standard InChI is InChI=1S/C27H24N4O3/c32-22-13-11-21(12-14-22)24-28-23-25(29-24)30(17-15-19-7-3-1-4-8-19)27(34)31(26(23)33)18-16-20-9-5-2-6-10-20/h1-14,32H,15-18H2,(H,28,29). The van der Waals surface area contributed by atoms with Gasteiger partial charge >= 0.3 is 5.69 Å². The van der Waals surface area contributed by atoms with Crippen LogP contribution in [-0.2, 0) is 25.9 Å². The number of H-pyrrole nitrogens is 1. The predicted molar refractivity (Wildman–Crippen MR) is 132 cm³/mol. The summed E-state index contributed by atoms with van der Waals surface area (Å²) in [6.07, 6.45) is 1.20. The highest BCUT2D eigenvalue weighted by molar-refractivity contribution is 5.75. The zero-order chi connectivity index (χ0) is 23.5. The van der Waals surface area contributed by atoms with Crippen molar-refractivity contribution in [3.63, 3.8) is 0 Å². The number of rotatable bonds is 7. The minimum atomic E-state index is -0.385. The highest BCUT2D eigenvalue weighted by Crippen LogP contribution is 2.21. The molecule has 0 aliphatic heterocycles. The van der Waals surface area contributed by atoms with Crippen LogP contribution in [0.5, 0.6) is 5.75 Å². The Bertz CT molecular complexity index is 1530. The Labute approximate surface area is 195 Å². The Balaban J connectivity index is 1.60. The van der Waals surface area contributed by atoms with Gasteiger partial charge in [0.1, 0.15) is 17.1 Å². The molecule has 2 heterocycles. The average Bonchev–Trinajstić information content (AvgIpc) is 3.31. The van der Waals surface area contributed by atoms with Crippen LogP contribution in [0.1, 0.15) is 11.1 Å². The van der Waals surface area contributed by atoms with Crippen LogP contribution >= 0.6 is 0 Å². The Morgan fingerprint density at radius 2 is 1.29 bits per heavy atom. The first-order valence-corrected chi connectivity index (χ1v) is 11.2. The minimum absolute atomic E-state index is 0.142. The molecule has 170 valence electrons. The van der Waals surface area contributed by atoms with E-state index in [0.717, 1.165) is 11.1 Å². The van der Waals surface area contributed by atoms with Crippen molar-refractivity contribution in [3.05, 3.63) is 117 Å². The van der Waals surface area contributed by atoms with Crippen molar-refractivity contribution in [1.82, 2.24) is 19.1 Å². The van der Waals surface area contributed by atoms with E-state index in [9.17, 15) is 14.7 Å². The lowest BCUT2D eigenvalue weighted by Crippen LogP contribution is -2.41. The molecule has 7 heteroatoms. The van der Waals surface area contributed by atoms with Gasteiger partial charge in [-0.25, -0.2) is 9.78 Å². The van der Waals surface area contributed by atoms with E-state index >= 15 is 0 Å². The molecule has 3 aromatic carbocycles. The summed E-state index contributed by atoms with van der Waals surface area (Å²) in [5, 5.41) is 9.61. The van der Waals surface area contributed by atoms with Gasteiger partial charge in [-0.2, -0.15) is 0 Å². The summed E-state index contributed by atoms with van der Waals surface area (Å²) in [7, 11) is 0. The summed E-state index contributed by atoms with van der Waals surface area (Å²) in [5.74, 6) is 0.615. The van der Waals surface area contributed by atoms with Crippen molar-refractivity contribution < 1.29 is 5.11 Å². The van der Waals surface area contributed by atoms with Crippen LogP contribution in [0.2, 0.25) is 0 Å². The van der Waals surface area contributed by atoms with E-state index in [2.05, 4.69) is 9.97 Å². The summed E-state index contributed by atoms with van der Waals surface area (Å²) in [6.45, 7) is 0.668. The van der Waals surface area contributed by atoms with Crippen molar-refractivity contribution in [1.29, 1.82) is 0 Å². The topological polar surface area (TPSA) is 92.9 Å². The number of aromatic amines is 1. The number of fused-ring (bicyclic) bond motifs is 1. The molecule has 0 aliphatic rings. The van der Waals surface area contributed by atoms with Gasteiger partial charge in [0.2, 0.25) is 0 Å². The number of aryl methyl sites for hydroxylation is 3. The molecule has 7 nitrogen and oxygen atoms in total. The number of aromatic hydroxyl groups is 1. The van der Waals surface area contributed by atoms with Crippen LogP contribution in [0.25, 0.3) is 22.6 Å². The third kappa shape index (κ3) is 4.28. The van der Waals surface area contributed by atoms with Gasteiger partial charge in [0.25, 0.3) is 5.56 Å². The maximum absolute atomic E-state index is 13.5. The van der Waals surface area contributed by atoms with Crippen LogP contribution < -0.4 is 11.2 Å². The van der Waals surface area contributed by atoms with E-state index in [1.54, 1.807) is 28.8 Å². The van der Waals surface area contributed by atoms with Crippen LogP contribution in [0, 0.1) is 0 Å². The molecule has 0 amide bonds. The summed E-state index contributed by atoms with van der Waals surface area (Å²) < 4.78 is 2.87. The third-order valence-corrected chi connectivity index (χ3v) is 5.94. The average molecular weight is 453 g/mol. The number of phenolic OH excluding ortho intramolecular Hbond substituents is 1. The largest absolute Gasteiger partial charge is 0.508 e. The van der Waals surface area contributed by atoms with Crippen LogP contribution in [-0.4, -0.2) is 24.2 Å². The second kappa shape index (κ2) is 9.23. The first-order valence-electron chi connectivity index (χ1n) is 11.2. The molecular weight excluding hydrogens is 428 g/mol. The van der Waals surface area contributed by atoms with Crippen molar-refractivity contribution in [2.45, 2.75) is 25.9 Å². The quantitative estimate of drug-likeness (QED) is 0.393. The minimum Gasteiger partial charge on any atom is -0.508 e. The summed E-state index contributed by atoms with van der Waals surface area (Å²) in [6, 6.07) is 26.2. The molecule has 5 aromatic rings. The molecule has 0 unspecified atom stereocenters. The van der Waals surface area contributed by atoms with Gasteiger partial charge in [-0.1, -0.05) is 60.7 Å². The zero-order valence-electron chi connectivity index (χ0n) is 18.5. The SMILES string of the molecule is O=c1c2[nH]c(-c3ccc(O)cc3)nc2n(CCc2ccccc2)c(=O)n1CCc1ccccc1. The number of aromatic nitrogens is 4. The van der Waals surface area contributed by atoms with Crippen molar-refractivity contribution in [2.75, 3.05) is 0 Å². The molecule has 0 saturated carbocycles. The van der Waals surface area contributed by atoms with Crippen molar-refractivity contribution >= 4 is 11.2 Å². The van der Waals surface area contributed by atoms with E-state index in [-0.39, 0.29) is 23.5 Å². The summed E-state index contributed by atoms with van der Waals surface area (Å²) in [5.41, 5.74) is 2.75. The lowest BCUT2D eigenvalue weighted by molar-refractivity contribution is 0.475. The van der Waals surface area contributed by atoms with Gasteiger partial charge in [0, 0.05) is 18.7 Å². The number of hydrogen-bond acceptors (Lipinski definition) is 4. The Morgan fingerprint density at radius 3 is 1.88 bits per heavy atom. The maximum Gasteiger partial charge on any atom is 0.332 e. The lowest BCUT2D eigenvalue weighted by atomic mass is 10.1. The number of phenols is 1. The number of nitrogens with one attached hydrogen (secondary N) is 1. The fourth-order valence-electron chi connectivity index (χ4n) is 4.09. The first-order chi connectivity index (χ1) is 16.6. The predicted octanol–water partition coefficient (Wildman–Crippen LogP) is 3.74. The smallest absolute Gasteiger partial charge is 0.332 e. The second-order valence-corrected chi connectivity index (χ2v) is 8.19.